The van der Waals surface area contributed by atoms with Gasteiger partial charge in [0, 0.05) is 30.6 Å². The van der Waals surface area contributed by atoms with Gasteiger partial charge in [-0.3, -0.25) is 9.59 Å². The van der Waals surface area contributed by atoms with Crippen molar-refractivity contribution in [2.45, 2.75) is 39.2 Å². The standard InChI is InChI=1S/C14H18N4O2S/c1-14(2,3)12-16-17-13(21-12)15-10(19)7-9-18-8-5-4-6-11(18)20/h4-6,8H,7,9H2,1-3H3,(H,15,17,19). The highest BCUT2D eigenvalue weighted by Gasteiger charge is 2.19. The summed E-state index contributed by atoms with van der Waals surface area (Å²) in [5.41, 5.74) is -0.200. The van der Waals surface area contributed by atoms with E-state index in [4.69, 9.17) is 0 Å². The van der Waals surface area contributed by atoms with E-state index < -0.39 is 0 Å². The first-order chi connectivity index (χ1) is 9.86. The molecular weight excluding hydrogens is 288 g/mol. The van der Waals surface area contributed by atoms with Crippen LogP contribution >= 0.6 is 11.3 Å². The predicted octanol–water partition coefficient (Wildman–Crippen LogP) is 2.03. The van der Waals surface area contributed by atoms with Crippen LogP contribution < -0.4 is 10.9 Å². The van der Waals surface area contributed by atoms with Crippen LogP contribution in [0.25, 0.3) is 0 Å². The van der Waals surface area contributed by atoms with E-state index in [0.717, 1.165) is 5.01 Å². The van der Waals surface area contributed by atoms with E-state index in [-0.39, 0.29) is 23.3 Å². The molecule has 7 heteroatoms. The van der Waals surface area contributed by atoms with Gasteiger partial charge in [0.1, 0.15) is 5.01 Å². The van der Waals surface area contributed by atoms with E-state index in [9.17, 15) is 9.59 Å². The fourth-order valence-corrected chi connectivity index (χ4v) is 2.44. The molecule has 1 amide bonds. The van der Waals surface area contributed by atoms with Crippen LogP contribution in [0.4, 0.5) is 5.13 Å². The van der Waals surface area contributed by atoms with Crippen LogP contribution in [0.2, 0.25) is 0 Å². The molecule has 21 heavy (non-hydrogen) atoms. The molecule has 0 saturated carbocycles. The molecule has 0 spiro atoms. The van der Waals surface area contributed by atoms with Gasteiger partial charge in [0.05, 0.1) is 0 Å². The van der Waals surface area contributed by atoms with Crippen LogP contribution in [-0.4, -0.2) is 20.7 Å². The largest absolute Gasteiger partial charge is 0.315 e. The molecule has 0 aliphatic rings. The first-order valence-electron chi connectivity index (χ1n) is 6.65. The zero-order valence-corrected chi connectivity index (χ0v) is 13.1. The molecule has 0 aliphatic carbocycles. The highest BCUT2D eigenvalue weighted by molar-refractivity contribution is 7.15. The van der Waals surface area contributed by atoms with Crippen LogP contribution in [0.3, 0.4) is 0 Å². The Kier molecular flexibility index (Phi) is 4.52. The number of hydrogen-bond donors (Lipinski definition) is 1. The smallest absolute Gasteiger partial charge is 0.250 e. The normalized spacial score (nSPS) is 11.4. The average Bonchev–Trinajstić information content (AvgIpc) is 2.86. The lowest BCUT2D eigenvalue weighted by atomic mass is 9.98. The van der Waals surface area contributed by atoms with Crippen molar-refractivity contribution in [3.63, 3.8) is 0 Å². The minimum absolute atomic E-state index is 0.0853. The molecule has 6 nitrogen and oxygen atoms in total. The van der Waals surface area contributed by atoms with Crippen LogP contribution in [-0.2, 0) is 16.8 Å². The van der Waals surface area contributed by atoms with Crippen LogP contribution in [0.15, 0.2) is 29.2 Å². The summed E-state index contributed by atoms with van der Waals surface area (Å²) in [6.07, 6.45) is 1.88. The number of aromatic nitrogens is 3. The molecule has 2 heterocycles. The minimum atomic E-state index is -0.178. The molecular formula is C14H18N4O2S. The first-order valence-corrected chi connectivity index (χ1v) is 7.47. The molecule has 0 fully saturated rings. The van der Waals surface area contributed by atoms with Gasteiger partial charge in [0.15, 0.2) is 0 Å². The van der Waals surface area contributed by atoms with Gasteiger partial charge in [0.25, 0.3) is 5.56 Å². The second-order valence-electron chi connectivity index (χ2n) is 5.69. The second-order valence-corrected chi connectivity index (χ2v) is 6.67. The zero-order valence-electron chi connectivity index (χ0n) is 12.3. The molecule has 2 aromatic heterocycles. The summed E-state index contributed by atoms with van der Waals surface area (Å²) in [6.45, 7) is 6.47. The van der Waals surface area contributed by atoms with Gasteiger partial charge in [-0.05, 0) is 6.07 Å². The molecule has 2 rings (SSSR count). The number of hydrogen-bond acceptors (Lipinski definition) is 5. The summed E-state index contributed by atoms with van der Waals surface area (Å²) < 4.78 is 1.50. The fourth-order valence-electron chi connectivity index (χ4n) is 1.63. The lowest BCUT2D eigenvalue weighted by Crippen LogP contribution is -2.21. The summed E-state index contributed by atoms with van der Waals surface area (Å²) in [5, 5.41) is 12.1. The van der Waals surface area contributed by atoms with Crippen molar-refractivity contribution in [1.82, 2.24) is 14.8 Å². The maximum Gasteiger partial charge on any atom is 0.250 e. The molecule has 112 valence electrons. The third-order valence-corrected chi connectivity index (χ3v) is 4.06. The lowest BCUT2D eigenvalue weighted by molar-refractivity contribution is -0.116. The average molecular weight is 306 g/mol. The summed E-state index contributed by atoms with van der Waals surface area (Å²) in [6, 6.07) is 4.91. The van der Waals surface area contributed by atoms with Crippen molar-refractivity contribution < 1.29 is 4.79 Å². The molecule has 0 aliphatic heterocycles. The Morgan fingerprint density at radius 3 is 2.71 bits per heavy atom. The van der Waals surface area contributed by atoms with Gasteiger partial charge in [0.2, 0.25) is 11.0 Å². The molecule has 2 aromatic rings. The Morgan fingerprint density at radius 1 is 1.33 bits per heavy atom. The molecule has 0 unspecified atom stereocenters. The van der Waals surface area contributed by atoms with Crippen LogP contribution in [0.1, 0.15) is 32.2 Å². The number of nitrogens with zero attached hydrogens (tertiary/aromatic N) is 3. The minimum Gasteiger partial charge on any atom is -0.315 e. The molecule has 0 atom stereocenters. The fraction of sp³-hybridized carbons (Fsp3) is 0.429. The highest BCUT2D eigenvalue weighted by atomic mass is 32.1. The highest BCUT2D eigenvalue weighted by Crippen LogP contribution is 2.27. The van der Waals surface area contributed by atoms with Gasteiger partial charge < -0.3 is 9.88 Å². The SMILES string of the molecule is CC(C)(C)c1nnc(NC(=O)CCn2ccccc2=O)s1. The van der Waals surface area contributed by atoms with E-state index >= 15 is 0 Å². The van der Waals surface area contributed by atoms with Crippen molar-refractivity contribution in [2.24, 2.45) is 0 Å². The summed E-state index contributed by atoms with van der Waals surface area (Å²) in [5.74, 6) is -0.178. The summed E-state index contributed by atoms with van der Waals surface area (Å²) in [7, 11) is 0. The number of pyridine rings is 1. The van der Waals surface area contributed by atoms with Gasteiger partial charge >= 0.3 is 0 Å². The first kappa shape index (κ1) is 15.4. The number of carbonyl (C=O) groups is 1. The number of rotatable bonds is 4. The van der Waals surface area contributed by atoms with Crippen molar-refractivity contribution in [2.75, 3.05) is 5.32 Å². The lowest BCUT2D eigenvalue weighted by Gasteiger charge is -2.12. The Morgan fingerprint density at radius 2 is 2.10 bits per heavy atom. The Labute approximate surface area is 126 Å². The number of aryl methyl sites for hydroxylation is 1. The van der Waals surface area contributed by atoms with Gasteiger partial charge in [-0.2, -0.15) is 0 Å². The topological polar surface area (TPSA) is 76.9 Å². The van der Waals surface area contributed by atoms with Crippen LogP contribution in [0.5, 0.6) is 0 Å². The van der Waals surface area contributed by atoms with Gasteiger partial charge in [-0.1, -0.05) is 38.2 Å². The number of carbonyl (C=O) groups excluding carboxylic acids is 1. The maximum atomic E-state index is 11.9. The Bertz CT molecular complexity index is 685. The third-order valence-electron chi connectivity index (χ3n) is 2.79. The molecule has 0 radical (unpaired) electrons. The monoisotopic (exact) mass is 306 g/mol. The summed E-state index contributed by atoms with van der Waals surface area (Å²) >= 11 is 1.37. The van der Waals surface area contributed by atoms with E-state index in [0.29, 0.717) is 11.7 Å². The number of anilines is 1. The van der Waals surface area contributed by atoms with E-state index in [1.54, 1.807) is 18.3 Å². The van der Waals surface area contributed by atoms with E-state index in [1.165, 1.54) is 22.0 Å². The Balaban J connectivity index is 1.92. The molecule has 1 N–H and O–H groups in total. The van der Waals surface area contributed by atoms with Crippen molar-refractivity contribution in [1.29, 1.82) is 0 Å². The van der Waals surface area contributed by atoms with Crippen LogP contribution in [0, 0.1) is 0 Å². The van der Waals surface area contributed by atoms with E-state index in [1.807, 2.05) is 20.8 Å². The van der Waals surface area contributed by atoms with Gasteiger partial charge in [-0.15, -0.1) is 10.2 Å². The molecule has 0 aromatic carbocycles. The maximum absolute atomic E-state index is 11.9. The predicted molar refractivity (Wildman–Crippen MR) is 82.6 cm³/mol. The molecule has 0 saturated heterocycles. The zero-order chi connectivity index (χ0) is 15.5. The quantitative estimate of drug-likeness (QED) is 0.937. The summed E-state index contributed by atoms with van der Waals surface area (Å²) in [4.78, 5) is 23.4. The van der Waals surface area contributed by atoms with Crippen molar-refractivity contribution in [3.8, 4) is 0 Å². The third kappa shape index (κ3) is 4.22. The van der Waals surface area contributed by atoms with E-state index in [2.05, 4.69) is 15.5 Å². The Hall–Kier alpha value is -2.02. The van der Waals surface area contributed by atoms with Crippen molar-refractivity contribution in [3.05, 3.63) is 39.8 Å². The molecule has 0 bridgehead atoms. The van der Waals surface area contributed by atoms with Crippen molar-refractivity contribution >= 4 is 22.4 Å². The number of amides is 1. The number of nitrogens with one attached hydrogen (secondary N) is 1. The second kappa shape index (κ2) is 6.17. The van der Waals surface area contributed by atoms with Gasteiger partial charge in [-0.25, -0.2) is 0 Å².